The lowest BCUT2D eigenvalue weighted by Gasteiger charge is -1.94. The molecule has 0 aliphatic heterocycles. The van der Waals surface area contributed by atoms with Gasteiger partial charge in [-0.3, -0.25) is 9.78 Å². The van der Waals surface area contributed by atoms with Gasteiger partial charge in [0, 0.05) is 19.0 Å². The number of pyridine rings is 1. The van der Waals surface area contributed by atoms with Crippen molar-refractivity contribution in [3.63, 3.8) is 0 Å². The van der Waals surface area contributed by atoms with Crippen LogP contribution in [0, 0.1) is 0 Å². The molecule has 0 spiro atoms. The summed E-state index contributed by atoms with van der Waals surface area (Å²) in [4.78, 5) is 25.0. The minimum absolute atomic E-state index is 0.0808. The van der Waals surface area contributed by atoms with Gasteiger partial charge in [-0.2, -0.15) is 0 Å². The largest absolute Gasteiger partial charge is 0.303 e. The Bertz CT molecular complexity index is 269. The van der Waals surface area contributed by atoms with Gasteiger partial charge in [-0.1, -0.05) is 6.07 Å². The summed E-state index contributed by atoms with van der Waals surface area (Å²) in [6.07, 6.45) is 2.82. The maximum Gasteiger partial charge on any atom is 0.181 e. The van der Waals surface area contributed by atoms with Crippen molar-refractivity contribution in [3.8, 4) is 0 Å². The summed E-state index contributed by atoms with van der Waals surface area (Å²) in [7, 11) is 0. The lowest BCUT2D eigenvalue weighted by Crippen LogP contribution is -2.01. The van der Waals surface area contributed by atoms with Gasteiger partial charge in [0.1, 0.15) is 12.0 Å². The number of aldehydes is 1. The molecule has 62 valence electrons. The van der Waals surface area contributed by atoms with Gasteiger partial charge < -0.3 is 4.79 Å². The Morgan fingerprint density at radius 2 is 2.33 bits per heavy atom. The van der Waals surface area contributed by atoms with E-state index in [1.807, 2.05) is 0 Å². The highest BCUT2D eigenvalue weighted by Crippen LogP contribution is 1.99. The summed E-state index contributed by atoms with van der Waals surface area (Å²) in [6.45, 7) is 0. The first-order valence-corrected chi connectivity index (χ1v) is 3.72. The second kappa shape index (κ2) is 4.38. The summed E-state index contributed by atoms with van der Waals surface area (Å²) in [6, 6.07) is 5.14. The third-order valence-electron chi connectivity index (χ3n) is 1.44. The van der Waals surface area contributed by atoms with Crippen molar-refractivity contribution in [1.82, 2.24) is 4.98 Å². The molecule has 3 nitrogen and oxygen atoms in total. The Morgan fingerprint density at radius 1 is 1.50 bits per heavy atom. The van der Waals surface area contributed by atoms with Gasteiger partial charge in [-0.05, 0) is 12.1 Å². The second-order valence-electron chi connectivity index (χ2n) is 2.34. The number of rotatable bonds is 4. The predicted octanol–water partition coefficient (Wildman–Crippen LogP) is 1.24. The molecule has 0 unspecified atom stereocenters. The van der Waals surface area contributed by atoms with Gasteiger partial charge in [-0.15, -0.1) is 0 Å². The van der Waals surface area contributed by atoms with E-state index in [9.17, 15) is 9.59 Å². The molecule has 0 N–H and O–H groups in total. The lowest BCUT2D eigenvalue weighted by atomic mass is 10.1. The molecule has 0 aromatic carbocycles. The average Bonchev–Trinajstić information content (AvgIpc) is 2.15. The molecule has 0 saturated heterocycles. The van der Waals surface area contributed by atoms with Gasteiger partial charge in [0.15, 0.2) is 5.78 Å². The van der Waals surface area contributed by atoms with Gasteiger partial charge in [0.25, 0.3) is 0 Å². The van der Waals surface area contributed by atoms with Crippen molar-refractivity contribution in [1.29, 1.82) is 0 Å². The van der Waals surface area contributed by atoms with E-state index in [1.54, 1.807) is 24.4 Å². The monoisotopic (exact) mass is 163 g/mol. The van der Waals surface area contributed by atoms with Gasteiger partial charge in [-0.25, -0.2) is 0 Å². The Kier molecular flexibility index (Phi) is 3.14. The first kappa shape index (κ1) is 8.59. The summed E-state index contributed by atoms with van der Waals surface area (Å²) >= 11 is 0. The molecule has 0 fully saturated rings. The molecular weight excluding hydrogens is 154 g/mol. The number of nitrogens with zero attached hydrogens (tertiary/aromatic N) is 1. The SMILES string of the molecule is O=CCCC(=O)c1ccccn1. The molecule has 0 aliphatic carbocycles. The number of Topliss-reactive ketones (excluding diaryl/α,β-unsaturated/α-hetero) is 1. The number of ketones is 1. The van der Waals surface area contributed by atoms with Crippen LogP contribution in [0.4, 0.5) is 0 Å². The lowest BCUT2D eigenvalue weighted by molar-refractivity contribution is -0.107. The standard InChI is InChI=1S/C9H9NO2/c11-7-3-5-9(12)8-4-1-2-6-10-8/h1-2,4,6-7H,3,5H2. The van der Waals surface area contributed by atoms with Crippen LogP contribution in [-0.2, 0) is 4.79 Å². The van der Waals surface area contributed by atoms with Gasteiger partial charge >= 0.3 is 0 Å². The molecule has 1 rings (SSSR count). The summed E-state index contributed by atoms with van der Waals surface area (Å²) in [5.74, 6) is -0.0808. The van der Waals surface area contributed by atoms with E-state index in [4.69, 9.17) is 0 Å². The zero-order chi connectivity index (χ0) is 8.81. The molecule has 1 heterocycles. The fourth-order valence-electron chi connectivity index (χ4n) is 0.846. The number of hydrogen-bond donors (Lipinski definition) is 0. The van der Waals surface area contributed by atoms with Crippen molar-refractivity contribution in [2.75, 3.05) is 0 Å². The first-order chi connectivity index (χ1) is 5.84. The van der Waals surface area contributed by atoms with Crippen molar-refractivity contribution in [2.45, 2.75) is 12.8 Å². The topological polar surface area (TPSA) is 47.0 Å². The summed E-state index contributed by atoms with van der Waals surface area (Å²) in [5, 5.41) is 0. The molecule has 1 aromatic rings. The maximum absolute atomic E-state index is 11.2. The first-order valence-electron chi connectivity index (χ1n) is 3.72. The molecule has 0 bridgehead atoms. The van der Waals surface area contributed by atoms with Crippen molar-refractivity contribution < 1.29 is 9.59 Å². The van der Waals surface area contributed by atoms with Crippen molar-refractivity contribution in [3.05, 3.63) is 30.1 Å². The molecule has 0 saturated carbocycles. The average molecular weight is 163 g/mol. The molecule has 0 radical (unpaired) electrons. The Labute approximate surface area is 70.4 Å². The third kappa shape index (κ3) is 2.27. The summed E-state index contributed by atoms with van der Waals surface area (Å²) in [5.41, 5.74) is 0.430. The number of carbonyl (C=O) groups excluding carboxylic acids is 2. The van der Waals surface area contributed by atoms with Crippen molar-refractivity contribution >= 4 is 12.1 Å². The van der Waals surface area contributed by atoms with Crippen LogP contribution >= 0.6 is 0 Å². The summed E-state index contributed by atoms with van der Waals surface area (Å²) < 4.78 is 0. The van der Waals surface area contributed by atoms with Crippen LogP contribution in [0.5, 0.6) is 0 Å². The normalized spacial score (nSPS) is 9.33. The van der Waals surface area contributed by atoms with Crippen LogP contribution in [0.2, 0.25) is 0 Å². The highest BCUT2D eigenvalue weighted by Gasteiger charge is 2.04. The Balaban J connectivity index is 2.59. The maximum atomic E-state index is 11.2. The van der Waals surface area contributed by atoms with E-state index in [0.29, 0.717) is 5.69 Å². The second-order valence-corrected chi connectivity index (χ2v) is 2.34. The van der Waals surface area contributed by atoms with E-state index in [1.165, 1.54) is 0 Å². The predicted molar refractivity (Wildman–Crippen MR) is 43.9 cm³/mol. The molecule has 0 aliphatic rings. The van der Waals surface area contributed by atoms with Crippen LogP contribution in [-0.4, -0.2) is 17.1 Å². The molecule has 0 amide bonds. The fraction of sp³-hybridized carbons (Fsp3) is 0.222. The zero-order valence-electron chi connectivity index (χ0n) is 6.56. The molecule has 12 heavy (non-hydrogen) atoms. The minimum atomic E-state index is -0.0808. The van der Waals surface area contributed by atoms with Gasteiger partial charge in [0.05, 0.1) is 0 Å². The van der Waals surface area contributed by atoms with Crippen LogP contribution in [0.1, 0.15) is 23.3 Å². The molecular formula is C9H9NO2. The van der Waals surface area contributed by atoms with Crippen LogP contribution in [0.25, 0.3) is 0 Å². The number of hydrogen-bond acceptors (Lipinski definition) is 3. The zero-order valence-corrected chi connectivity index (χ0v) is 6.56. The minimum Gasteiger partial charge on any atom is -0.303 e. The number of aromatic nitrogens is 1. The highest BCUT2D eigenvalue weighted by atomic mass is 16.1. The highest BCUT2D eigenvalue weighted by molar-refractivity contribution is 5.94. The van der Waals surface area contributed by atoms with E-state index in [0.717, 1.165) is 6.29 Å². The van der Waals surface area contributed by atoms with Crippen molar-refractivity contribution in [2.24, 2.45) is 0 Å². The van der Waals surface area contributed by atoms with Crippen LogP contribution < -0.4 is 0 Å². The van der Waals surface area contributed by atoms with E-state index in [-0.39, 0.29) is 18.6 Å². The van der Waals surface area contributed by atoms with Crippen LogP contribution in [0.3, 0.4) is 0 Å². The third-order valence-corrected chi connectivity index (χ3v) is 1.44. The fourth-order valence-corrected chi connectivity index (χ4v) is 0.846. The Hall–Kier alpha value is -1.51. The van der Waals surface area contributed by atoms with Crippen LogP contribution in [0.15, 0.2) is 24.4 Å². The quantitative estimate of drug-likeness (QED) is 0.495. The van der Waals surface area contributed by atoms with E-state index < -0.39 is 0 Å². The Morgan fingerprint density at radius 3 is 2.92 bits per heavy atom. The molecule has 1 aromatic heterocycles. The van der Waals surface area contributed by atoms with E-state index in [2.05, 4.69) is 4.98 Å². The molecule has 3 heteroatoms. The smallest absolute Gasteiger partial charge is 0.181 e. The number of carbonyl (C=O) groups is 2. The molecule has 0 atom stereocenters. The van der Waals surface area contributed by atoms with E-state index >= 15 is 0 Å². The van der Waals surface area contributed by atoms with Gasteiger partial charge in [0.2, 0.25) is 0 Å².